The van der Waals surface area contributed by atoms with Crippen molar-refractivity contribution in [2.75, 3.05) is 6.54 Å². The fraction of sp³-hybridized carbons (Fsp3) is 0.400. The molecule has 1 aromatic heterocycles. The second kappa shape index (κ2) is 2.67. The Morgan fingerprint density at radius 2 is 2.29 bits per heavy atom. The molecule has 0 aromatic carbocycles. The molecule has 3 heterocycles. The van der Waals surface area contributed by atoms with E-state index in [1.54, 1.807) is 0 Å². The fourth-order valence-electron chi connectivity index (χ4n) is 2.24. The second-order valence-corrected chi connectivity index (χ2v) is 4.63. The van der Waals surface area contributed by atoms with E-state index in [2.05, 4.69) is 0 Å². The monoisotopic (exact) mass is 207 g/mol. The van der Waals surface area contributed by atoms with Crippen LogP contribution in [0.3, 0.4) is 0 Å². The summed E-state index contributed by atoms with van der Waals surface area (Å²) in [5.74, 6) is 0.394. The lowest BCUT2D eigenvalue weighted by atomic mass is 9.99. The minimum Gasteiger partial charge on any atom is -0.330 e. The molecule has 0 N–H and O–H groups in total. The third-order valence-corrected chi connectivity index (χ3v) is 3.86. The van der Waals surface area contributed by atoms with E-state index >= 15 is 0 Å². The quantitative estimate of drug-likeness (QED) is 0.648. The van der Waals surface area contributed by atoms with E-state index in [-0.39, 0.29) is 17.7 Å². The summed E-state index contributed by atoms with van der Waals surface area (Å²) in [6.07, 6.45) is 1.03. The lowest BCUT2D eigenvalue weighted by Gasteiger charge is -2.28. The molecule has 1 atom stereocenters. The number of nitrogens with zero attached hydrogens (tertiary/aromatic N) is 1. The van der Waals surface area contributed by atoms with Crippen molar-refractivity contribution in [1.29, 1.82) is 0 Å². The standard InChI is InChI=1S/C10H9NO2S/c12-6-1-3-11-8(5-6)7-2-4-14-9(7)10(11)13/h2,4,8H,1,3,5H2. The number of thiophene rings is 1. The molecule has 0 bridgehead atoms. The van der Waals surface area contributed by atoms with Gasteiger partial charge in [-0.2, -0.15) is 0 Å². The van der Waals surface area contributed by atoms with E-state index < -0.39 is 0 Å². The van der Waals surface area contributed by atoms with E-state index in [0.717, 1.165) is 10.4 Å². The molecule has 1 unspecified atom stereocenters. The zero-order valence-electron chi connectivity index (χ0n) is 7.53. The van der Waals surface area contributed by atoms with Gasteiger partial charge in [0.25, 0.3) is 5.91 Å². The van der Waals surface area contributed by atoms with Crippen molar-refractivity contribution >= 4 is 23.0 Å². The average molecular weight is 207 g/mol. The largest absolute Gasteiger partial charge is 0.330 e. The topological polar surface area (TPSA) is 37.4 Å². The van der Waals surface area contributed by atoms with Crippen LogP contribution >= 0.6 is 11.3 Å². The van der Waals surface area contributed by atoms with Crippen LogP contribution < -0.4 is 0 Å². The lowest BCUT2D eigenvalue weighted by molar-refractivity contribution is -0.122. The summed E-state index contributed by atoms with van der Waals surface area (Å²) < 4.78 is 0. The van der Waals surface area contributed by atoms with Crippen molar-refractivity contribution < 1.29 is 9.59 Å². The van der Waals surface area contributed by atoms with Crippen LogP contribution in [0.15, 0.2) is 11.4 Å². The molecule has 1 fully saturated rings. The van der Waals surface area contributed by atoms with Gasteiger partial charge in [0.05, 0.1) is 10.9 Å². The van der Waals surface area contributed by atoms with Gasteiger partial charge in [0.2, 0.25) is 0 Å². The molecular formula is C10H9NO2S. The van der Waals surface area contributed by atoms with Gasteiger partial charge < -0.3 is 4.90 Å². The summed E-state index contributed by atoms with van der Waals surface area (Å²) in [5.41, 5.74) is 1.06. The minimum absolute atomic E-state index is 0.0463. The average Bonchev–Trinajstić information content (AvgIpc) is 2.71. The highest BCUT2D eigenvalue weighted by molar-refractivity contribution is 7.12. The van der Waals surface area contributed by atoms with Crippen LogP contribution in [0.5, 0.6) is 0 Å². The van der Waals surface area contributed by atoms with Crippen LogP contribution in [0.4, 0.5) is 0 Å². The fourth-order valence-corrected chi connectivity index (χ4v) is 3.14. The molecule has 3 nitrogen and oxygen atoms in total. The number of hydrogen-bond donors (Lipinski definition) is 0. The third-order valence-electron chi connectivity index (χ3n) is 2.94. The van der Waals surface area contributed by atoms with Gasteiger partial charge in [-0.25, -0.2) is 0 Å². The number of carbonyl (C=O) groups excluding carboxylic acids is 2. The first-order valence-electron chi connectivity index (χ1n) is 4.67. The Kier molecular flexibility index (Phi) is 1.56. The number of fused-ring (bicyclic) bond motifs is 3. The van der Waals surface area contributed by atoms with Gasteiger partial charge in [-0.05, 0) is 17.0 Å². The van der Waals surface area contributed by atoms with Crippen molar-refractivity contribution in [3.05, 3.63) is 21.9 Å². The molecule has 14 heavy (non-hydrogen) atoms. The molecule has 2 aliphatic rings. The van der Waals surface area contributed by atoms with Gasteiger partial charge in [-0.15, -0.1) is 11.3 Å². The highest BCUT2D eigenvalue weighted by Crippen LogP contribution is 2.41. The van der Waals surface area contributed by atoms with Gasteiger partial charge in [-0.1, -0.05) is 0 Å². The predicted molar refractivity (Wildman–Crippen MR) is 52.3 cm³/mol. The molecule has 0 spiro atoms. The maximum atomic E-state index is 11.8. The molecule has 2 aliphatic heterocycles. The summed E-state index contributed by atoms with van der Waals surface area (Å²) in [6.45, 7) is 0.601. The van der Waals surface area contributed by atoms with Crippen LogP contribution in [0.2, 0.25) is 0 Å². The zero-order chi connectivity index (χ0) is 9.71. The molecule has 1 saturated heterocycles. The molecule has 0 radical (unpaired) electrons. The van der Waals surface area contributed by atoms with Gasteiger partial charge in [-0.3, -0.25) is 9.59 Å². The summed E-state index contributed by atoms with van der Waals surface area (Å²) in [6, 6.07) is 2.02. The Bertz CT molecular complexity index is 424. The first-order chi connectivity index (χ1) is 6.77. The number of amides is 1. The van der Waals surface area contributed by atoms with Gasteiger partial charge >= 0.3 is 0 Å². The van der Waals surface area contributed by atoms with Crippen LogP contribution in [0.25, 0.3) is 0 Å². The van der Waals surface area contributed by atoms with Crippen LogP contribution in [0, 0.1) is 0 Å². The van der Waals surface area contributed by atoms with Crippen molar-refractivity contribution in [3.63, 3.8) is 0 Å². The lowest BCUT2D eigenvalue weighted by Crippen LogP contribution is -2.35. The van der Waals surface area contributed by atoms with Crippen LogP contribution in [-0.2, 0) is 4.79 Å². The van der Waals surface area contributed by atoms with Gasteiger partial charge in [0.15, 0.2) is 0 Å². The molecule has 1 amide bonds. The van der Waals surface area contributed by atoms with Crippen LogP contribution in [0.1, 0.15) is 34.1 Å². The maximum Gasteiger partial charge on any atom is 0.264 e. The number of Topliss-reactive ketones (excluding diaryl/α,β-unsaturated/α-hetero) is 1. The van der Waals surface area contributed by atoms with Crippen molar-refractivity contribution in [3.8, 4) is 0 Å². The first kappa shape index (κ1) is 8.17. The number of piperidine rings is 1. The maximum absolute atomic E-state index is 11.8. The molecule has 3 rings (SSSR count). The zero-order valence-corrected chi connectivity index (χ0v) is 8.34. The van der Waals surface area contributed by atoms with Crippen LogP contribution in [-0.4, -0.2) is 23.1 Å². The van der Waals surface area contributed by atoms with Crippen molar-refractivity contribution in [1.82, 2.24) is 4.90 Å². The molecule has 4 heteroatoms. The Hall–Kier alpha value is -1.16. The molecular weight excluding hydrogens is 198 g/mol. The van der Waals surface area contributed by atoms with E-state index in [1.165, 1.54) is 11.3 Å². The smallest absolute Gasteiger partial charge is 0.264 e. The Labute approximate surface area is 85.3 Å². The first-order valence-corrected chi connectivity index (χ1v) is 5.55. The van der Waals surface area contributed by atoms with Gasteiger partial charge in [0, 0.05) is 19.4 Å². The molecule has 72 valence electrons. The van der Waals surface area contributed by atoms with Gasteiger partial charge in [0.1, 0.15) is 5.78 Å². The summed E-state index contributed by atoms with van der Waals surface area (Å²) in [4.78, 5) is 25.8. The Morgan fingerprint density at radius 1 is 1.43 bits per heavy atom. The van der Waals surface area contributed by atoms with E-state index in [0.29, 0.717) is 19.4 Å². The van der Waals surface area contributed by atoms with E-state index in [9.17, 15) is 9.59 Å². The highest BCUT2D eigenvalue weighted by Gasteiger charge is 2.40. The summed E-state index contributed by atoms with van der Waals surface area (Å²) >= 11 is 1.48. The Morgan fingerprint density at radius 3 is 3.14 bits per heavy atom. The molecule has 1 aromatic rings. The number of hydrogen-bond acceptors (Lipinski definition) is 3. The molecule has 0 saturated carbocycles. The van der Waals surface area contributed by atoms with E-state index in [4.69, 9.17) is 0 Å². The third kappa shape index (κ3) is 0.917. The highest BCUT2D eigenvalue weighted by atomic mass is 32.1. The second-order valence-electron chi connectivity index (χ2n) is 3.71. The number of rotatable bonds is 0. The number of ketones is 1. The Balaban J connectivity index is 2.07. The summed E-state index contributed by atoms with van der Waals surface area (Å²) in [7, 11) is 0. The number of carbonyl (C=O) groups is 2. The van der Waals surface area contributed by atoms with E-state index in [1.807, 2.05) is 16.3 Å². The van der Waals surface area contributed by atoms with Crippen molar-refractivity contribution in [2.24, 2.45) is 0 Å². The predicted octanol–water partition coefficient (Wildman–Crippen LogP) is 1.61. The summed E-state index contributed by atoms with van der Waals surface area (Å²) in [5, 5.41) is 1.93. The minimum atomic E-state index is 0.0463. The normalized spacial score (nSPS) is 25.1. The molecule has 0 aliphatic carbocycles. The van der Waals surface area contributed by atoms with Crippen molar-refractivity contribution in [2.45, 2.75) is 18.9 Å². The SMILES string of the molecule is O=C1CCN2C(=O)c3sccc3C2C1.